The fourth-order valence-corrected chi connectivity index (χ4v) is 3.78. The van der Waals surface area contributed by atoms with E-state index in [9.17, 15) is 4.79 Å². The first-order valence-corrected chi connectivity index (χ1v) is 9.64. The van der Waals surface area contributed by atoms with Crippen LogP contribution >= 0.6 is 12.2 Å². The van der Waals surface area contributed by atoms with Gasteiger partial charge in [-0.25, -0.2) is 0 Å². The molecule has 1 atom stereocenters. The molecule has 1 heterocycles. The number of carbonyl (C=O) groups is 1. The van der Waals surface area contributed by atoms with E-state index in [-0.39, 0.29) is 5.91 Å². The lowest BCUT2D eigenvalue weighted by Gasteiger charge is -2.31. The fraction of sp³-hybridized carbons (Fsp3) is 0.273. The number of ether oxygens (including phenoxy) is 2. The van der Waals surface area contributed by atoms with Gasteiger partial charge < -0.3 is 25.4 Å². The lowest BCUT2D eigenvalue weighted by atomic mass is 9.93. The molecule has 0 spiro atoms. The van der Waals surface area contributed by atoms with Crippen LogP contribution in [0.2, 0.25) is 0 Å². The number of rotatable bonds is 5. The van der Waals surface area contributed by atoms with Crippen molar-refractivity contribution in [1.82, 2.24) is 10.6 Å². The molecule has 3 N–H and O–H groups in total. The Bertz CT molecular complexity index is 1000. The number of para-hydroxylation sites is 1. The first-order chi connectivity index (χ1) is 13.8. The Morgan fingerprint density at radius 1 is 1.10 bits per heavy atom. The van der Waals surface area contributed by atoms with Gasteiger partial charge in [-0.15, -0.1) is 0 Å². The molecule has 0 radical (unpaired) electrons. The highest BCUT2D eigenvalue weighted by molar-refractivity contribution is 7.80. The van der Waals surface area contributed by atoms with E-state index in [0.29, 0.717) is 27.9 Å². The van der Waals surface area contributed by atoms with E-state index < -0.39 is 6.04 Å². The molecule has 3 rings (SSSR count). The Labute approximate surface area is 176 Å². The van der Waals surface area contributed by atoms with E-state index in [2.05, 4.69) is 16.0 Å². The molecule has 0 saturated carbocycles. The second-order valence-corrected chi connectivity index (χ2v) is 7.33. The molecular weight excluding hydrogens is 386 g/mol. The minimum atomic E-state index is -0.487. The molecular formula is C22H25N3O3S. The van der Waals surface area contributed by atoms with Gasteiger partial charge in [0.15, 0.2) is 16.6 Å². The molecule has 7 heteroatoms. The summed E-state index contributed by atoms with van der Waals surface area (Å²) in [5, 5.41) is 9.72. The van der Waals surface area contributed by atoms with Crippen molar-refractivity contribution in [2.75, 3.05) is 19.5 Å². The quantitative estimate of drug-likeness (QED) is 0.651. The standard InChI is InChI=1S/C22H25N3O3S/c1-12-9-10-16(13(2)11-12)24-21(26)18-14(3)23-22(29)25-19(18)15-7-6-8-17(27-4)20(15)28-5/h6-11,19H,1-5H3,(H,24,26)(H2,23,25,29)/t19-/m0/s1. The van der Waals surface area contributed by atoms with E-state index in [1.165, 1.54) is 0 Å². The predicted octanol–water partition coefficient (Wildman–Crippen LogP) is 3.75. The van der Waals surface area contributed by atoms with Crippen LogP contribution in [0.5, 0.6) is 11.5 Å². The van der Waals surface area contributed by atoms with Gasteiger partial charge in [-0.1, -0.05) is 29.8 Å². The number of carbonyl (C=O) groups excluding carboxylic acids is 1. The average molecular weight is 412 g/mol. The zero-order valence-electron chi connectivity index (χ0n) is 17.2. The number of aryl methyl sites for hydroxylation is 2. The minimum Gasteiger partial charge on any atom is -0.493 e. The molecule has 6 nitrogen and oxygen atoms in total. The van der Waals surface area contributed by atoms with Crippen molar-refractivity contribution in [2.45, 2.75) is 26.8 Å². The highest BCUT2D eigenvalue weighted by Gasteiger charge is 2.32. The van der Waals surface area contributed by atoms with Crippen LogP contribution in [-0.2, 0) is 4.79 Å². The van der Waals surface area contributed by atoms with E-state index in [0.717, 1.165) is 22.4 Å². The second kappa shape index (κ2) is 8.53. The van der Waals surface area contributed by atoms with Gasteiger partial charge in [-0.2, -0.15) is 0 Å². The monoisotopic (exact) mass is 411 g/mol. The van der Waals surface area contributed by atoms with Gasteiger partial charge in [0, 0.05) is 16.9 Å². The van der Waals surface area contributed by atoms with Crippen molar-refractivity contribution < 1.29 is 14.3 Å². The van der Waals surface area contributed by atoms with Crippen LogP contribution in [0.3, 0.4) is 0 Å². The molecule has 0 unspecified atom stereocenters. The molecule has 2 aromatic rings. The van der Waals surface area contributed by atoms with Gasteiger partial charge in [0.2, 0.25) is 0 Å². The Kier molecular flexibility index (Phi) is 6.08. The summed E-state index contributed by atoms with van der Waals surface area (Å²) in [7, 11) is 3.16. The summed E-state index contributed by atoms with van der Waals surface area (Å²) in [6.45, 7) is 5.83. The zero-order chi connectivity index (χ0) is 21.1. The van der Waals surface area contributed by atoms with Crippen LogP contribution in [-0.4, -0.2) is 25.2 Å². The highest BCUT2D eigenvalue weighted by atomic mass is 32.1. The number of hydrogen-bond donors (Lipinski definition) is 3. The summed E-state index contributed by atoms with van der Waals surface area (Å²) < 4.78 is 11.0. The molecule has 0 fully saturated rings. The molecule has 1 amide bonds. The number of nitrogens with one attached hydrogen (secondary N) is 3. The van der Waals surface area contributed by atoms with E-state index in [1.54, 1.807) is 14.2 Å². The first-order valence-electron chi connectivity index (χ1n) is 9.23. The largest absolute Gasteiger partial charge is 0.493 e. The van der Waals surface area contributed by atoms with Gasteiger partial charge in [-0.05, 0) is 50.7 Å². The summed E-state index contributed by atoms with van der Waals surface area (Å²) in [4.78, 5) is 13.3. The third-order valence-electron chi connectivity index (χ3n) is 4.89. The van der Waals surface area contributed by atoms with Gasteiger partial charge in [0.25, 0.3) is 5.91 Å². The molecule has 1 aliphatic rings. The van der Waals surface area contributed by atoms with Crippen LogP contribution in [0.4, 0.5) is 5.69 Å². The summed E-state index contributed by atoms with van der Waals surface area (Å²) in [6.07, 6.45) is 0. The number of hydrogen-bond acceptors (Lipinski definition) is 4. The summed E-state index contributed by atoms with van der Waals surface area (Å²) in [6, 6.07) is 11.0. The molecule has 152 valence electrons. The van der Waals surface area contributed by atoms with Gasteiger partial charge in [0.05, 0.1) is 25.8 Å². The molecule has 29 heavy (non-hydrogen) atoms. The van der Waals surface area contributed by atoms with E-state index in [4.69, 9.17) is 21.7 Å². The number of thiocarbonyl (C=S) groups is 1. The molecule has 0 aliphatic carbocycles. The first kappa shape index (κ1) is 20.7. The molecule has 0 aromatic heterocycles. The minimum absolute atomic E-state index is 0.216. The van der Waals surface area contributed by atoms with Crippen molar-refractivity contribution in [3.63, 3.8) is 0 Å². The number of allylic oxidation sites excluding steroid dienone is 1. The fourth-order valence-electron chi connectivity index (χ4n) is 3.51. The van der Waals surface area contributed by atoms with Crippen molar-refractivity contribution in [3.8, 4) is 11.5 Å². The van der Waals surface area contributed by atoms with Crippen molar-refractivity contribution in [2.24, 2.45) is 0 Å². The summed E-state index contributed by atoms with van der Waals surface area (Å²) in [5.41, 5.74) is 4.89. The third kappa shape index (κ3) is 4.19. The Balaban J connectivity index is 2.04. The highest BCUT2D eigenvalue weighted by Crippen LogP contribution is 2.39. The molecule has 1 aliphatic heterocycles. The Hall–Kier alpha value is -3.06. The van der Waals surface area contributed by atoms with Crippen LogP contribution in [0.25, 0.3) is 0 Å². The second-order valence-electron chi connectivity index (χ2n) is 6.93. The van der Waals surface area contributed by atoms with Gasteiger partial charge in [-0.3, -0.25) is 4.79 Å². The number of amides is 1. The third-order valence-corrected chi connectivity index (χ3v) is 5.11. The topological polar surface area (TPSA) is 71.6 Å². The number of methoxy groups -OCH3 is 2. The zero-order valence-corrected chi connectivity index (χ0v) is 18.0. The maximum atomic E-state index is 13.3. The number of benzene rings is 2. The molecule has 0 saturated heterocycles. The van der Waals surface area contributed by atoms with Crippen molar-refractivity contribution >= 4 is 28.9 Å². The van der Waals surface area contributed by atoms with Gasteiger partial charge in [0.1, 0.15) is 0 Å². The summed E-state index contributed by atoms with van der Waals surface area (Å²) >= 11 is 5.34. The van der Waals surface area contributed by atoms with E-state index in [1.807, 2.05) is 57.2 Å². The van der Waals surface area contributed by atoms with Crippen LogP contribution < -0.4 is 25.4 Å². The summed E-state index contributed by atoms with van der Waals surface area (Å²) in [5.74, 6) is 0.927. The molecule has 2 aromatic carbocycles. The molecule has 0 bridgehead atoms. The smallest absolute Gasteiger partial charge is 0.255 e. The van der Waals surface area contributed by atoms with Gasteiger partial charge >= 0.3 is 0 Å². The lowest BCUT2D eigenvalue weighted by Crippen LogP contribution is -2.45. The Morgan fingerprint density at radius 3 is 2.52 bits per heavy atom. The van der Waals surface area contributed by atoms with Crippen LogP contribution in [0.15, 0.2) is 47.7 Å². The lowest BCUT2D eigenvalue weighted by molar-refractivity contribution is -0.113. The maximum absolute atomic E-state index is 13.3. The van der Waals surface area contributed by atoms with Crippen molar-refractivity contribution in [1.29, 1.82) is 0 Å². The number of anilines is 1. The SMILES string of the molecule is COc1cccc([C@@H]2NC(=S)NC(C)=C2C(=O)Nc2ccc(C)cc2C)c1OC. The average Bonchev–Trinajstić information content (AvgIpc) is 2.68. The van der Waals surface area contributed by atoms with Crippen LogP contribution in [0, 0.1) is 13.8 Å². The van der Waals surface area contributed by atoms with Crippen molar-refractivity contribution in [3.05, 3.63) is 64.4 Å². The maximum Gasteiger partial charge on any atom is 0.255 e. The normalized spacial score (nSPS) is 16.0. The van der Waals surface area contributed by atoms with E-state index >= 15 is 0 Å². The predicted molar refractivity (Wildman–Crippen MR) is 118 cm³/mol. The Morgan fingerprint density at radius 2 is 1.86 bits per heavy atom. The van der Waals surface area contributed by atoms with Crippen LogP contribution in [0.1, 0.15) is 29.7 Å².